The lowest BCUT2D eigenvalue weighted by Gasteiger charge is -2.46. The standard InChI is InChI=1S/C16H26N2O2/c1-3-13-9-18(16(20)12-7-8-12)14(4-2)10-17(13)15(19)11-5-6-11/h11-14H,3-10H2,1-2H3/t13-,14-/m1/s1. The Morgan fingerprint density at radius 1 is 0.800 bits per heavy atom. The second-order valence-electron chi connectivity index (χ2n) is 6.65. The van der Waals surface area contributed by atoms with Crippen LogP contribution in [0, 0.1) is 11.8 Å². The third kappa shape index (κ3) is 2.57. The van der Waals surface area contributed by atoms with Gasteiger partial charge in [-0.2, -0.15) is 0 Å². The van der Waals surface area contributed by atoms with Crippen molar-refractivity contribution < 1.29 is 9.59 Å². The summed E-state index contributed by atoms with van der Waals surface area (Å²) in [4.78, 5) is 29.0. The highest BCUT2D eigenvalue weighted by Crippen LogP contribution is 2.36. The lowest BCUT2D eigenvalue weighted by molar-refractivity contribution is -0.148. The second kappa shape index (κ2) is 5.38. The molecule has 2 aliphatic carbocycles. The largest absolute Gasteiger partial charge is 0.336 e. The Hall–Kier alpha value is -1.06. The van der Waals surface area contributed by atoms with Crippen LogP contribution in [-0.4, -0.2) is 46.8 Å². The Labute approximate surface area is 121 Å². The fourth-order valence-corrected chi connectivity index (χ4v) is 3.32. The van der Waals surface area contributed by atoms with Crippen LogP contribution in [0.5, 0.6) is 0 Å². The van der Waals surface area contributed by atoms with Crippen LogP contribution in [0.1, 0.15) is 52.4 Å². The molecule has 0 spiro atoms. The quantitative estimate of drug-likeness (QED) is 0.789. The van der Waals surface area contributed by atoms with E-state index in [1.807, 2.05) is 0 Å². The monoisotopic (exact) mass is 278 g/mol. The number of nitrogens with zero attached hydrogens (tertiary/aromatic N) is 2. The highest BCUT2D eigenvalue weighted by atomic mass is 16.2. The van der Waals surface area contributed by atoms with Gasteiger partial charge in [0.05, 0.1) is 0 Å². The lowest BCUT2D eigenvalue weighted by Crippen LogP contribution is -2.61. The maximum absolute atomic E-state index is 12.4. The van der Waals surface area contributed by atoms with Crippen molar-refractivity contribution in [3.63, 3.8) is 0 Å². The van der Waals surface area contributed by atoms with Crippen molar-refractivity contribution in [1.29, 1.82) is 0 Å². The van der Waals surface area contributed by atoms with Gasteiger partial charge < -0.3 is 9.80 Å². The molecule has 0 unspecified atom stereocenters. The van der Waals surface area contributed by atoms with Gasteiger partial charge in [-0.05, 0) is 38.5 Å². The van der Waals surface area contributed by atoms with Crippen molar-refractivity contribution in [3.05, 3.63) is 0 Å². The number of carbonyl (C=O) groups excluding carboxylic acids is 2. The normalized spacial score (nSPS) is 30.5. The molecule has 4 nitrogen and oxygen atoms in total. The highest BCUT2D eigenvalue weighted by Gasteiger charge is 2.44. The molecule has 3 aliphatic rings. The van der Waals surface area contributed by atoms with Gasteiger partial charge in [0, 0.05) is 37.0 Å². The van der Waals surface area contributed by atoms with Crippen molar-refractivity contribution in [2.24, 2.45) is 11.8 Å². The van der Waals surface area contributed by atoms with E-state index in [2.05, 4.69) is 23.6 Å². The van der Waals surface area contributed by atoms with Crippen LogP contribution in [0.2, 0.25) is 0 Å². The molecule has 2 atom stereocenters. The fraction of sp³-hybridized carbons (Fsp3) is 0.875. The first-order chi connectivity index (χ1) is 9.65. The molecule has 20 heavy (non-hydrogen) atoms. The van der Waals surface area contributed by atoms with Crippen LogP contribution in [0.3, 0.4) is 0 Å². The summed E-state index contributed by atoms with van der Waals surface area (Å²) in [6, 6.07) is 0.460. The first-order valence-corrected chi connectivity index (χ1v) is 8.26. The zero-order valence-corrected chi connectivity index (χ0v) is 12.7. The minimum absolute atomic E-state index is 0.230. The van der Waals surface area contributed by atoms with E-state index >= 15 is 0 Å². The smallest absolute Gasteiger partial charge is 0.226 e. The summed E-state index contributed by atoms with van der Waals surface area (Å²) in [6.07, 6.45) is 6.15. The Balaban J connectivity index is 1.73. The maximum Gasteiger partial charge on any atom is 0.226 e. The minimum atomic E-state index is 0.230. The summed E-state index contributed by atoms with van der Waals surface area (Å²) in [5, 5.41) is 0. The zero-order valence-electron chi connectivity index (χ0n) is 12.7. The van der Waals surface area contributed by atoms with Crippen LogP contribution in [-0.2, 0) is 9.59 Å². The van der Waals surface area contributed by atoms with Crippen molar-refractivity contribution in [2.75, 3.05) is 13.1 Å². The maximum atomic E-state index is 12.4. The SMILES string of the molecule is CC[C@@H]1CN(C(=O)C2CC2)[C@H](CC)CN1C(=O)C1CC1. The molecule has 0 N–H and O–H groups in total. The number of piperazine rings is 1. The summed E-state index contributed by atoms with van der Waals surface area (Å²) in [7, 11) is 0. The molecule has 0 aromatic carbocycles. The molecule has 1 heterocycles. The summed E-state index contributed by atoms with van der Waals surface area (Å²) in [5.74, 6) is 1.25. The van der Waals surface area contributed by atoms with Crippen LogP contribution < -0.4 is 0 Å². The Kier molecular flexibility index (Phi) is 3.74. The predicted octanol–water partition coefficient (Wildman–Crippen LogP) is 2.03. The minimum Gasteiger partial charge on any atom is -0.336 e. The molecule has 0 radical (unpaired) electrons. The molecule has 0 aromatic heterocycles. The van der Waals surface area contributed by atoms with Gasteiger partial charge in [-0.15, -0.1) is 0 Å². The van der Waals surface area contributed by atoms with Gasteiger partial charge in [-0.3, -0.25) is 9.59 Å². The topological polar surface area (TPSA) is 40.6 Å². The van der Waals surface area contributed by atoms with Gasteiger partial charge in [0.1, 0.15) is 0 Å². The number of hydrogen-bond donors (Lipinski definition) is 0. The number of amides is 2. The molecule has 4 heteroatoms. The van der Waals surface area contributed by atoms with Gasteiger partial charge >= 0.3 is 0 Å². The van der Waals surface area contributed by atoms with Gasteiger partial charge in [-0.25, -0.2) is 0 Å². The van der Waals surface area contributed by atoms with Crippen LogP contribution in [0.4, 0.5) is 0 Å². The van der Waals surface area contributed by atoms with Crippen molar-refractivity contribution in [3.8, 4) is 0 Å². The fourth-order valence-electron chi connectivity index (χ4n) is 3.32. The van der Waals surface area contributed by atoms with E-state index in [4.69, 9.17) is 0 Å². The highest BCUT2D eigenvalue weighted by molar-refractivity contribution is 5.83. The predicted molar refractivity (Wildman–Crippen MR) is 77.0 cm³/mol. The number of carbonyl (C=O) groups is 2. The van der Waals surface area contributed by atoms with E-state index in [0.29, 0.717) is 11.8 Å². The summed E-state index contributed by atoms with van der Waals surface area (Å²) < 4.78 is 0. The van der Waals surface area contributed by atoms with E-state index < -0.39 is 0 Å². The first kappa shape index (κ1) is 13.9. The molecule has 3 fully saturated rings. The molecular weight excluding hydrogens is 252 g/mol. The number of rotatable bonds is 4. The van der Waals surface area contributed by atoms with Gasteiger partial charge in [0.2, 0.25) is 11.8 Å². The van der Waals surface area contributed by atoms with Gasteiger partial charge in [0.15, 0.2) is 0 Å². The molecule has 2 saturated carbocycles. The van der Waals surface area contributed by atoms with E-state index in [9.17, 15) is 9.59 Å². The first-order valence-electron chi connectivity index (χ1n) is 8.26. The average Bonchev–Trinajstić information content (AvgIpc) is 3.34. The summed E-state index contributed by atoms with van der Waals surface area (Å²) in [6.45, 7) is 5.76. The molecular formula is C16H26N2O2. The van der Waals surface area contributed by atoms with Gasteiger partial charge in [-0.1, -0.05) is 13.8 Å². The second-order valence-corrected chi connectivity index (χ2v) is 6.65. The lowest BCUT2D eigenvalue weighted by atomic mass is 10.0. The average molecular weight is 278 g/mol. The van der Waals surface area contributed by atoms with Crippen LogP contribution in [0.15, 0.2) is 0 Å². The molecule has 1 saturated heterocycles. The van der Waals surface area contributed by atoms with Crippen LogP contribution >= 0.6 is 0 Å². The summed E-state index contributed by atoms with van der Waals surface area (Å²) >= 11 is 0. The number of hydrogen-bond acceptors (Lipinski definition) is 2. The zero-order chi connectivity index (χ0) is 14.3. The summed E-state index contributed by atoms with van der Waals surface area (Å²) in [5.41, 5.74) is 0. The molecule has 0 bridgehead atoms. The van der Waals surface area contributed by atoms with E-state index in [1.165, 1.54) is 0 Å². The van der Waals surface area contributed by atoms with Crippen molar-refractivity contribution in [1.82, 2.24) is 9.80 Å². The third-order valence-corrected chi connectivity index (χ3v) is 5.06. The molecule has 3 rings (SSSR count). The molecule has 0 aromatic rings. The van der Waals surface area contributed by atoms with E-state index in [1.54, 1.807) is 0 Å². The van der Waals surface area contributed by atoms with E-state index in [0.717, 1.165) is 51.6 Å². The van der Waals surface area contributed by atoms with Crippen LogP contribution in [0.25, 0.3) is 0 Å². The van der Waals surface area contributed by atoms with E-state index in [-0.39, 0.29) is 23.9 Å². The Morgan fingerprint density at radius 3 is 1.40 bits per heavy atom. The van der Waals surface area contributed by atoms with Gasteiger partial charge in [0.25, 0.3) is 0 Å². The van der Waals surface area contributed by atoms with Crippen molar-refractivity contribution in [2.45, 2.75) is 64.5 Å². The Morgan fingerprint density at radius 2 is 1.15 bits per heavy atom. The molecule has 112 valence electrons. The Bertz CT molecular complexity index is 363. The third-order valence-electron chi connectivity index (χ3n) is 5.06. The van der Waals surface area contributed by atoms with Crippen molar-refractivity contribution >= 4 is 11.8 Å². The molecule has 1 aliphatic heterocycles. The molecule has 2 amide bonds.